The highest BCUT2D eigenvalue weighted by Crippen LogP contribution is 2.66. The molecule has 22 heteroatoms. The standard InChI is InChI=1S/C16H11F19O3/c1-5(7(37)38)2-3-6(36)4-8(17,18)10(20,21)12(24,25)14(28,29)13(26,27)11(22,23)9(19,15(30,31)32)16(33,34)35/h2,6,36H,3-4H2,1H3,(H,37,38)/p-1. The highest BCUT2D eigenvalue weighted by atomic mass is 19.4. The summed E-state index contributed by atoms with van der Waals surface area (Å²) in [6.07, 6.45) is -24.3. The van der Waals surface area contributed by atoms with Crippen molar-refractivity contribution in [3.63, 3.8) is 0 Å². The Morgan fingerprint density at radius 3 is 1.29 bits per heavy atom. The van der Waals surface area contributed by atoms with Crippen molar-refractivity contribution in [2.75, 3.05) is 0 Å². The van der Waals surface area contributed by atoms with Crippen LogP contribution in [0.5, 0.6) is 0 Å². The summed E-state index contributed by atoms with van der Waals surface area (Å²) in [4.78, 5) is 10.4. The summed E-state index contributed by atoms with van der Waals surface area (Å²) < 4.78 is 251. The summed E-state index contributed by atoms with van der Waals surface area (Å²) in [5.74, 6) is -52.9. The molecule has 3 nitrogen and oxygen atoms in total. The lowest BCUT2D eigenvalue weighted by molar-refractivity contribution is -0.472. The van der Waals surface area contributed by atoms with Crippen molar-refractivity contribution >= 4 is 5.97 Å². The van der Waals surface area contributed by atoms with Gasteiger partial charge in [0.15, 0.2) is 0 Å². The van der Waals surface area contributed by atoms with Crippen molar-refractivity contribution < 1.29 is 98.4 Å². The summed E-state index contributed by atoms with van der Waals surface area (Å²) in [5.41, 5.74) is -9.74. The Hall–Kier alpha value is -2.16. The Labute approximate surface area is 196 Å². The van der Waals surface area contributed by atoms with E-state index < -0.39 is 84.0 Å². The molecule has 1 N–H and O–H groups in total. The molecule has 0 aromatic rings. The molecule has 226 valence electrons. The van der Waals surface area contributed by atoms with Gasteiger partial charge in [-0.2, -0.15) is 79.0 Å². The van der Waals surface area contributed by atoms with Crippen LogP contribution < -0.4 is 5.11 Å². The van der Waals surface area contributed by atoms with Crippen LogP contribution in [-0.2, 0) is 4.79 Å². The van der Waals surface area contributed by atoms with Gasteiger partial charge < -0.3 is 15.0 Å². The van der Waals surface area contributed by atoms with Gasteiger partial charge in [-0.1, -0.05) is 6.08 Å². The van der Waals surface area contributed by atoms with E-state index in [0.717, 1.165) is 0 Å². The predicted molar refractivity (Wildman–Crippen MR) is 79.6 cm³/mol. The fraction of sp³-hybridized carbons (Fsp3) is 0.812. The molecule has 0 bridgehead atoms. The van der Waals surface area contributed by atoms with E-state index in [-0.39, 0.29) is 6.08 Å². The third-order valence-electron chi connectivity index (χ3n) is 4.76. The number of aliphatic hydroxyl groups is 1. The molecular formula is C16H10F19O3-. The molecule has 0 saturated carbocycles. The van der Waals surface area contributed by atoms with Crippen molar-refractivity contribution in [2.24, 2.45) is 0 Å². The summed E-state index contributed by atoms with van der Waals surface area (Å²) in [5, 5.41) is 19.5. The Kier molecular flexibility index (Phi) is 9.23. The Balaban J connectivity index is 6.78. The van der Waals surface area contributed by atoms with Crippen molar-refractivity contribution in [3.8, 4) is 0 Å². The lowest BCUT2D eigenvalue weighted by atomic mass is 9.83. The first-order chi connectivity index (χ1) is 16.2. The molecule has 0 aromatic carbocycles. The van der Waals surface area contributed by atoms with Crippen molar-refractivity contribution in [1.82, 2.24) is 0 Å². The van der Waals surface area contributed by atoms with Gasteiger partial charge in [-0.05, 0) is 18.9 Å². The molecule has 0 radical (unpaired) electrons. The number of hydrogen-bond donors (Lipinski definition) is 1. The molecule has 1 atom stereocenters. The highest BCUT2D eigenvalue weighted by molar-refractivity contribution is 5.83. The zero-order chi connectivity index (χ0) is 31.4. The molecule has 0 spiro atoms. The quantitative estimate of drug-likeness (QED) is 0.249. The van der Waals surface area contributed by atoms with E-state index in [1.54, 1.807) is 0 Å². The Morgan fingerprint density at radius 1 is 0.658 bits per heavy atom. The van der Waals surface area contributed by atoms with Crippen molar-refractivity contribution in [3.05, 3.63) is 11.6 Å². The summed E-state index contributed by atoms with van der Waals surface area (Å²) in [6.45, 7) is 0.624. The number of carbonyl (C=O) groups is 1. The first-order valence-corrected chi connectivity index (χ1v) is 8.87. The van der Waals surface area contributed by atoms with Crippen LogP contribution in [0.4, 0.5) is 83.4 Å². The van der Waals surface area contributed by atoms with Crippen LogP contribution >= 0.6 is 0 Å². The smallest absolute Gasteiger partial charge is 0.438 e. The second kappa shape index (κ2) is 9.79. The molecule has 0 fully saturated rings. The zero-order valence-corrected chi connectivity index (χ0v) is 17.5. The lowest BCUT2D eigenvalue weighted by Crippen LogP contribution is -2.77. The van der Waals surface area contributed by atoms with Crippen LogP contribution in [-0.4, -0.2) is 70.7 Å². The van der Waals surface area contributed by atoms with E-state index in [4.69, 9.17) is 5.11 Å². The number of carbonyl (C=O) groups excluding carboxylic acids is 1. The van der Waals surface area contributed by atoms with Gasteiger partial charge in [0.2, 0.25) is 0 Å². The average Bonchev–Trinajstić information content (AvgIpc) is 2.68. The third kappa shape index (κ3) is 5.19. The largest absolute Gasteiger partial charge is 0.545 e. The first-order valence-electron chi connectivity index (χ1n) is 8.87. The Bertz CT molecular complexity index is 885. The Morgan fingerprint density at radius 2 is 0.974 bits per heavy atom. The number of aliphatic carboxylic acids is 1. The number of rotatable bonds is 11. The minimum absolute atomic E-state index is 0.199. The number of carboxylic acid groups (broad SMARTS) is 1. The molecule has 0 aliphatic rings. The van der Waals surface area contributed by atoms with Crippen molar-refractivity contribution in [2.45, 2.75) is 79.4 Å². The van der Waals surface area contributed by atoms with E-state index in [1.807, 2.05) is 0 Å². The first kappa shape index (κ1) is 35.8. The lowest BCUT2D eigenvalue weighted by Gasteiger charge is -2.45. The number of hydrogen-bond acceptors (Lipinski definition) is 3. The molecule has 0 amide bonds. The van der Waals surface area contributed by atoms with Gasteiger partial charge in [0.25, 0.3) is 0 Å². The minimum atomic E-state index is -9.12. The molecule has 0 aliphatic heterocycles. The maximum atomic E-state index is 13.7. The molecular weight excluding hydrogens is 601 g/mol. The average molecular weight is 611 g/mol. The SMILES string of the molecule is CC(=CCC(O)CC(F)(F)C(F)(F)C(F)(F)C(F)(F)C(F)(F)C(F)(F)C(F)(C(F)(F)F)C(F)(F)F)C(=O)[O-]. The van der Waals surface area contributed by atoms with Gasteiger partial charge in [-0.15, -0.1) is 0 Å². The number of carboxylic acids is 1. The molecule has 1 unspecified atom stereocenters. The van der Waals surface area contributed by atoms with Gasteiger partial charge in [0.1, 0.15) is 0 Å². The predicted octanol–water partition coefficient (Wildman–Crippen LogP) is 5.47. The monoisotopic (exact) mass is 611 g/mol. The minimum Gasteiger partial charge on any atom is -0.545 e. The second-order valence-corrected chi connectivity index (χ2v) is 7.50. The highest BCUT2D eigenvalue weighted by Gasteiger charge is 2.98. The topological polar surface area (TPSA) is 60.4 Å². The van der Waals surface area contributed by atoms with Crippen LogP contribution in [0.3, 0.4) is 0 Å². The van der Waals surface area contributed by atoms with Gasteiger partial charge in [0, 0.05) is 6.42 Å². The summed E-state index contributed by atoms with van der Waals surface area (Å²) in [6, 6.07) is 0. The van der Waals surface area contributed by atoms with E-state index >= 15 is 0 Å². The molecule has 0 rings (SSSR count). The van der Waals surface area contributed by atoms with Gasteiger partial charge >= 0.3 is 53.6 Å². The van der Waals surface area contributed by atoms with E-state index in [1.165, 1.54) is 0 Å². The summed E-state index contributed by atoms with van der Waals surface area (Å²) >= 11 is 0. The van der Waals surface area contributed by atoms with Crippen LogP contribution in [0.15, 0.2) is 11.6 Å². The zero-order valence-electron chi connectivity index (χ0n) is 17.5. The van der Waals surface area contributed by atoms with Gasteiger partial charge in [-0.3, -0.25) is 0 Å². The normalized spacial score (nSPS) is 17.0. The van der Waals surface area contributed by atoms with E-state index in [9.17, 15) is 93.3 Å². The number of aliphatic hydroxyl groups excluding tert-OH is 1. The number of halogens is 19. The second-order valence-electron chi connectivity index (χ2n) is 7.50. The van der Waals surface area contributed by atoms with Gasteiger partial charge in [-0.25, -0.2) is 4.39 Å². The molecule has 0 aliphatic carbocycles. The fourth-order valence-electron chi connectivity index (χ4n) is 2.46. The van der Waals surface area contributed by atoms with E-state index in [0.29, 0.717) is 6.92 Å². The molecule has 0 saturated heterocycles. The van der Waals surface area contributed by atoms with Crippen LogP contribution in [0.2, 0.25) is 0 Å². The number of alkyl halides is 19. The van der Waals surface area contributed by atoms with Crippen LogP contribution in [0.25, 0.3) is 0 Å². The maximum Gasteiger partial charge on any atom is 0.438 e. The molecule has 0 heterocycles. The van der Waals surface area contributed by atoms with E-state index in [2.05, 4.69) is 0 Å². The third-order valence-corrected chi connectivity index (χ3v) is 4.76. The van der Waals surface area contributed by atoms with Crippen molar-refractivity contribution in [1.29, 1.82) is 0 Å². The summed E-state index contributed by atoms with van der Waals surface area (Å²) in [7, 11) is 0. The van der Waals surface area contributed by atoms with Gasteiger partial charge in [0.05, 0.1) is 12.1 Å². The molecule has 38 heavy (non-hydrogen) atoms. The van der Waals surface area contributed by atoms with Crippen LogP contribution in [0, 0.1) is 0 Å². The molecule has 0 aromatic heterocycles. The maximum absolute atomic E-state index is 13.7. The fourth-order valence-corrected chi connectivity index (χ4v) is 2.46. The van der Waals surface area contributed by atoms with Crippen LogP contribution in [0.1, 0.15) is 19.8 Å².